The average Bonchev–Trinajstić information content (AvgIpc) is 2.91. The molecule has 3 rings (SSSR count). The number of carbonyl (C=O) groups is 2. The van der Waals surface area contributed by atoms with E-state index >= 15 is 0 Å². The van der Waals surface area contributed by atoms with Crippen molar-refractivity contribution in [2.75, 3.05) is 24.5 Å². The third-order valence-corrected chi connectivity index (χ3v) is 7.55. The number of hydrogen-bond donors (Lipinski definition) is 1. The lowest BCUT2D eigenvalue weighted by molar-refractivity contribution is -0.139. The van der Waals surface area contributed by atoms with Crippen molar-refractivity contribution in [1.29, 1.82) is 0 Å². The van der Waals surface area contributed by atoms with Gasteiger partial charge in [0.1, 0.15) is 24.2 Å². The predicted octanol–water partition coefficient (Wildman–Crippen LogP) is 3.58. The van der Waals surface area contributed by atoms with Crippen molar-refractivity contribution in [1.82, 2.24) is 10.2 Å². The molecule has 8 nitrogen and oxygen atoms in total. The SMILES string of the molecule is CCOc1ccc(S(=O)(=O)N(CC(=O)N(Cc2ccccc2F)[C@@H](C)C(=O)NC)c2ccccc2)cc1. The molecule has 0 heterocycles. The Kier molecular flexibility index (Phi) is 9.24. The lowest BCUT2D eigenvalue weighted by Gasteiger charge is -2.31. The molecule has 0 fully saturated rings. The molecular formula is C27H30FN3O5S. The number of hydrogen-bond acceptors (Lipinski definition) is 5. The summed E-state index contributed by atoms with van der Waals surface area (Å²) in [5.41, 5.74) is 0.468. The Balaban J connectivity index is 2.00. The van der Waals surface area contributed by atoms with E-state index in [9.17, 15) is 22.4 Å². The molecule has 0 aliphatic rings. The quantitative estimate of drug-likeness (QED) is 0.411. The molecule has 0 aliphatic heterocycles. The number of anilines is 1. The lowest BCUT2D eigenvalue weighted by atomic mass is 10.1. The Bertz CT molecular complexity index is 1320. The lowest BCUT2D eigenvalue weighted by Crippen LogP contribution is -2.50. The van der Waals surface area contributed by atoms with Crippen LogP contribution in [0.2, 0.25) is 0 Å². The molecule has 37 heavy (non-hydrogen) atoms. The highest BCUT2D eigenvalue weighted by atomic mass is 32.2. The fourth-order valence-electron chi connectivity index (χ4n) is 3.73. The van der Waals surface area contributed by atoms with Gasteiger partial charge in [0.05, 0.1) is 17.2 Å². The maximum atomic E-state index is 14.4. The molecule has 0 bridgehead atoms. The second kappa shape index (κ2) is 12.4. The molecule has 0 aliphatic carbocycles. The van der Waals surface area contributed by atoms with Crippen LogP contribution in [0.3, 0.4) is 0 Å². The molecular weight excluding hydrogens is 497 g/mol. The zero-order valence-corrected chi connectivity index (χ0v) is 21.7. The summed E-state index contributed by atoms with van der Waals surface area (Å²) in [5.74, 6) is -1.16. The van der Waals surface area contributed by atoms with E-state index in [1.54, 1.807) is 48.5 Å². The monoisotopic (exact) mass is 527 g/mol. The number of ether oxygens (including phenoxy) is 1. The van der Waals surface area contributed by atoms with Crippen LogP contribution < -0.4 is 14.4 Å². The van der Waals surface area contributed by atoms with Crippen molar-refractivity contribution in [3.8, 4) is 5.75 Å². The highest BCUT2D eigenvalue weighted by Crippen LogP contribution is 2.26. The van der Waals surface area contributed by atoms with Crippen molar-refractivity contribution in [3.05, 3.63) is 90.2 Å². The number of likely N-dealkylation sites (N-methyl/N-ethyl adjacent to an activating group) is 1. The summed E-state index contributed by atoms with van der Waals surface area (Å²) in [4.78, 5) is 27.2. The summed E-state index contributed by atoms with van der Waals surface area (Å²) in [6.07, 6.45) is 0. The zero-order chi connectivity index (χ0) is 27.0. The number of halogens is 1. The number of rotatable bonds is 11. The van der Waals surface area contributed by atoms with Gasteiger partial charge in [0.25, 0.3) is 10.0 Å². The van der Waals surface area contributed by atoms with Crippen LogP contribution in [-0.2, 0) is 26.2 Å². The fraction of sp³-hybridized carbons (Fsp3) is 0.259. The van der Waals surface area contributed by atoms with E-state index in [2.05, 4.69) is 5.32 Å². The maximum absolute atomic E-state index is 14.4. The molecule has 1 N–H and O–H groups in total. The second-order valence-corrected chi connectivity index (χ2v) is 10.0. The minimum absolute atomic E-state index is 0.0346. The van der Waals surface area contributed by atoms with E-state index in [1.165, 1.54) is 49.2 Å². The Morgan fingerprint density at radius 2 is 1.59 bits per heavy atom. The van der Waals surface area contributed by atoms with Crippen molar-refractivity contribution in [3.63, 3.8) is 0 Å². The third-order valence-electron chi connectivity index (χ3n) is 5.76. The third kappa shape index (κ3) is 6.65. The minimum atomic E-state index is -4.19. The highest BCUT2D eigenvalue weighted by molar-refractivity contribution is 7.92. The standard InChI is InChI=1S/C27H30FN3O5S/c1-4-36-23-14-16-24(17-15-23)37(34,35)31(22-11-6-5-7-12-22)19-26(32)30(20(2)27(33)29-3)18-21-10-8-9-13-25(21)28/h5-17,20H,4,18-19H2,1-3H3,(H,29,33)/t20-/m0/s1. The molecule has 0 spiro atoms. The van der Waals surface area contributed by atoms with Gasteiger partial charge in [-0.05, 0) is 56.3 Å². The van der Waals surface area contributed by atoms with E-state index < -0.39 is 40.2 Å². The van der Waals surface area contributed by atoms with Gasteiger partial charge in [0.2, 0.25) is 11.8 Å². The Labute approximate surface area is 216 Å². The molecule has 1 atom stereocenters. The predicted molar refractivity (Wildman–Crippen MR) is 139 cm³/mol. The van der Waals surface area contributed by atoms with E-state index in [0.717, 1.165) is 4.31 Å². The van der Waals surface area contributed by atoms with Gasteiger partial charge in [0.15, 0.2) is 0 Å². The summed E-state index contributed by atoms with van der Waals surface area (Å²) in [6.45, 7) is 2.94. The highest BCUT2D eigenvalue weighted by Gasteiger charge is 2.32. The summed E-state index contributed by atoms with van der Waals surface area (Å²) in [6, 6.07) is 19.0. The van der Waals surface area contributed by atoms with Gasteiger partial charge >= 0.3 is 0 Å². The molecule has 0 radical (unpaired) electrons. The first kappa shape index (κ1) is 27.7. The van der Waals surface area contributed by atoms with Crippen LogP contribution in [0.25, 0.3) is 0 Å². The minimum Gasteiger partial charge on any atom is -0.494 e. The molecule has 0 aromatic heterocycles. The molecule has 3 aromatic carbocycles. The topological polar surface area (TPSA) is 96.0 Å². The van der Waals surface area contributed by atoms with Crippen LogP contribution in [0.15, 0.2) is 83.8 Å². The molecule has 3 aromatic rings. The van der Waals surface area contributed by atoms with Crippen molar-refractivity contribution in [2.45, 2.75) is 31.3 Å². The Morgan fingerprint density at radius 3 is 2.19 bits per heavy atom. The fourth-order valence-corrected chi connectivity index (χ4v) is 5.14. The number of para-hydroxylation sites is 1. The first-order valence-electron chi connectivity index (χ1n) is 11.7. The molecule has 0 saturated heterocycles. The smallest absolute Gasteiger partial charge is 0.264 e. The first-order valence-corrected chi connectivity index (χ1v) is 13.2. The number of carbonyl (C=O) groups excluding carboxylic acids is 2. The van der Waals surface area contributed by atoms with Crippen LogP contribution in [0.1, 0.15) is 19.4 Å². The summed E-state index contributed by atoms with van der Waals surface area (Å²) < 4.78 is 48.2. The maximum Gasteiger partial charge on any atom is 0.264 e. The van der Waals surface area contributed by atoms with E-state index in [-0.39, 0.29) is 22.7 Å². The molecule has 0 saturated carbocycles. The zero-order valence-electron chi connectivity index (χ0n) is 20.9. The van der Waals surface area contributed by atoms with Crippen LogP contribution in [-0.4, -0.2) is 51.4 Å². The summed E-state index contributed by atoms with van der Waals surface area (Å²) >= 11 is 0. The van der Waals surface area contributed by atoms with Crippen molar-refractivity contribution in [2.24, 2.45) is 0 Å². The molecule has 10 heteroatoms. The largest absolute Gasteiger partial charge is 0.494 e. The Morgan fingerprint density at radius 1 is 0.973 bits per heavy atom. The number of nitrogens with one attached hydrogen (secondary N) is 1. The van der Waals surface area contributed by atoms with Gasteiger partial charge in [-0.15, -0.1) is 0 Å². The van der Waals surface area contributed by atoms with Crippen LogP contribution in [0.5, 0.6) is 5.75 Å². The number of sulfonamides is 1. The second-order valence-electron chi connectivity index (χ2n) is 8.15. The molecule has 2 amide bonds. The van der Waals surface area contributed by atoms with E-state index in [4.69, 9.17) is 4.74 Å². The van der Waals surface area contributed by atoms with Crippen molar-refractivity contribution < 1.29 is 27.1 Å². The first-order chi connectivity index (χ1) is 17.7. The van der Waals surface area contributed by atoms with E-state index in [0.29, 0.717) is 12.4 Å². The van der Waals surface area contributed by atoms with Gasteiger partial charge in [-0.25, -0.2) is 12.8 Å². The van der Waals surface area contributed by atoms with Gasteiger partial charge in [-0.1, -0.05) is 36.4 Å². The normalized spacial score (nSPS) is 11.9. The molecule has 0 unspecified atom stereocenters. The van der Waals surface area contributed by atoms with Gasteiger partial charge in [0, 0.05) is 19.2 Å². The van der Waals surface area contributed by atoms with Crippen molar-refractivity contribution >= 4 is 27.5 Å². The van der Waals surface area contributed by atoms with Crippen LogP contribution >= 0.6 is 0 Å². The summed E-state index contributed by atoms with van der Waals surface area (Å²) in [5, 5.41) is 2.49. The number of amides is 2. The average molecular weight is 528 g/mol. The van der Waals surface area contributed by atoms with Gasteiger partial charge < -0.3 is 15.0 Å². The van der Waals surface area contributed by atoms with Crippen LogP contribution in [0, 0.1) is 5.82 Å². The summed E-state index contributed by atoms with van der Waals surface area (Å²) in [7, 11) is -2.76. The molecule has 196 valence electrons. The van der Waals surface area contributed by atoms with Gasteiger partial charge in [-0.2, -0.15) is 0 Å². The van der Waals surface area contributed by atoms with E-state index in [1.807, 2.05) is 6.92 Å². The van der Waals surface area contributed by atoms with Crippen LogP contribution in [0.4, 0.5) is 10.1 Å². The number of nitrogens with zero attached hydrogens (tertiary/aromatic N) is 2. The van der Waals surface area contributed by atoms with Gasteiger partial charge in [-0.3, -0.25) is 13.9 Å². The number of benzene rings is 3. The Hall–Kier alpha value is -3.92.